The van der Waals surface area contributed by atoms with Gasteiger partial charge >= 0.3 is 0 Å². The molecule has 20 heavy (non-hydrogen) atoms. The Kier molecular flexibility index (Phi) is 4.17. The molecule has 2 aromatic carbocycles. The highest BCUT2D eigenvalue weighted by molar-refractivity contribution is 5.83. The van der Waals surface area contributed by atoms with Gasteiger partial charge in [-0.1, -0.05) is 48.6 Å². The van der Waals surface area contributed by atoms with Crippen LogP contribution in [0.4, 0.5) is 0 Å². The topological polar surface area (TPSA) is 12.0 Å². The summed E-state index contributed by atoms with van der Waals surface area (Å²) in [6, 6.07) is 15.8. The van der Waals surface area contributed by atoms with Crippen LogP contribution in [0.3, 0.4) is 0 Å². The van der Waals surface area contributed by atoms with Crippen LogP contribution in [0.25, 0.3) is 10.8 Å². The molecule has 1 N–H and O–H groups in total. The molecule has 1 aliphatic carbocycles. The van der Waals surface area contributed by atoms with E-state index in [2.05, 4.69) is 66.9 Å². The average Bonchev–Trinajstić information content (AvgIpc) is 2.53. The number of benzene rings is 2. The highest BCUT2D eigenvalue weighted by Gasteiger charge is 2.12. The number of hydrogen-bond donors (Lipinski definition) is 1. The molecule has 0 saturated heterocycles. The van der Waals surface area contributed by atoms with E-state index in [0.29, 0.717) is 6.04 Å². The van der Waals surface area contributed by atoms with Crippen LogP contribution in [-0.2, 0) is 0 Å². The van der Waals surface area contributed by atoms with Gasteiger partial charge in [-0.3, -0.25) is 0 Å². The summed E-state index contributed by atoms with van der Waals surface area (Å²) < 4.78 is 0. The monoisotopic (exact) mass is 265 g/mol. The van der Waals surface area contributed by atoms with Crippen molar-refractivity contribution in [2.45, 2.75) is 32.2 Å². The molecule has 1 aliphatic rings. The first kappa shape index (κ1) is 13.4. The van der Waals surface area contributed by atoms with Crippen LogP contribution in [0.15, 0.2) is 54.6 Å². The second-order valence-electron chi connectivity index (χ2n) is 5.89. The van der Waals surface area contributed by atoms with Crippen molar-refractivity contribution in [1.82, 2.24) is 5.32 Å². The molecule has 0 spiro atoms. The first-order chi connectivity index (χ1) is 9.83. The van der Waals surface area contributed by atoms with Gasteiger partial charge in [0.05, 0.1) is 0 Å². The molecule has 0 fully saturated rings. The minimum absolute atomic E-state index is 0.422. The Hall–Kier alpha value is -1.60. The van der Waals surface area contributed by atoms with Crippen LogP contribution in [0.5, 0.6) is 0 Å². The smallest absolute Gasteiger partial charge is 0.0292 e. The van der Waals surface area contributed by atoms with E-state index in [-0.39, 0.29) is 0 Å². The molecule has 2 aromatic rings. The van der Waals surface area contributed by atoms with E-state index in [1.165, 1.54) is 35.6 Å². The van der Waals surface area contributed by atoms with Gasteiger partial charge in [0.15, 0.2) is 0 Å². The van der Waals surface area contributed by atoms with Crippen molar-refractivity contribution in [2.24, 2.45) is 5.92 Å². The predicted octanol–water partition coefficient (Wildman–Crippen LogP) is 4.85. The third kappa shape index (κ3) is 3.10. The number of hydrogen-bond acceptors (Lipinski definition) is 1. The molecule has 0 bridgehead atoms. The third-order valence-corrected chi connectivity index (χ3v) is 4.36. The summed E-state index contributed by atoms with van der Waals surface area (Å²) in [5.41, 5.74) is 1.38. The largest absolute Gasteiger partial charge is 0.310 e. The summed E-state index contributed by atoms with van der Waals surface area (Å²) >= 11 is 0. The standard InChI is InChI=1S/C19H23N/c1-15(20-14-16-7-3-2-4-8-16)18-12-11-17-9-5-6-10-19(17)13-18/h2-3,5-6,9-13,15-16,20H,4,7-8,14H2,1H3. The predicted molar refractivity (Wildman–Crippen MR) is 86.8 cm³/mol. The molecule has 0 heterocycles. The lowest BCUT2D eigenvalue weighted by molar-refractivity contribution is 0.415. The zero-order valence-corrected chi connectivity index (χ0v) is 12.2. The summed E-state index contributed by atoms with van der Waals surface area (Å²) in [4.78, 5) is 0. The van der Waals surface area contributed by atoms with Gasteiger partial charge in [-0.15, -0.1) is 0 Å². The van der Waals surface area contributed by atoms with Crippen molar-refractivity contribution in [3.63, 3.8) is 0 Å². The van der Waals surface area contributed by atoms with Crippen molar-refractivity contribution in [3.8, 4) is 0 Å². The third-order valence-electron chi connectivity index (χ3n) is 4.36. The molecular weight excluding hydrogens is 242 g/mol. The summed E-state index contributed by atoms with van der Waals surface area (Å²) in [5, 5.41) is 6.35. The van der Waals surface area contributed by atoms with E-state index >= 15 is 0 Å². The van der Waals surface area contributed by atoms with E-state index in [9.17, 15) is 0 Å². The molecule has 0 saturated carbocycles. The van der Waals surface area contributed by atoms with Gasteiger partial charge in [0, 0.05) is 6.04 Å². The van der Waals surface area contributed by atoms with Gasteiger partial charge in [-0.2, -0.15) is 0 Å². The van der Waals surface area contributed by atoms with Crippen LogP contribution >= 0.6 is 0 Å². The fraction of sp³-hybridized carbons (Fsp3) is 0.368. The Bertz CT molecular complexity index is 599. The van der Waals surface area contributed by atoms with Crippen molar-refractivity contribution in [3.05, 3.63) is 60.2 Å². The van der Waals surface area contributed by atoms with Gasteiger partial charge in [-0.25, -0.2) is 0 Å². The van der Waals surface area contributed by atoms with E-state index in [0.717, 1.165) is 12.5 Å². The molecule has 1 heteroatoms. The van der Waals surface area contributed by atoms with Crippen LogP contribution < -0.4 is 5.32 Å². The molecule has 1 nitrogen and oxygen atoms in total. The van der Waals surface area contributed by atoms with E-state index in [1.54, 1.807) is 0 Å². The van der Waals surface area contributed by atoms with Gasteiger partial charge in [-0.05, 0) is 61.1 Å². The van der Waals surface area contributed by atoms with Gasteiger partial charge in [0.1, 0.15) is 0 Å². The first-order valence-corrected chi connectivity index (χ1v) is 7.70. The molecule has 2 atom stereocenters. The van der Waals surface area contributed by atoms with E-state index < -0.39 is 0 Å². The molecule has 2 unspecified atom stereocenters. The summed E-state index contributed by atoms with van der Waals surface area (Å²) in [6.45, 7) is 3.39. The van der Waals surface area contributed by atoms with Crippen molar-refractivity contribution in [2.75, 3.05) is 6.54 Å². The minimum atomic E-state index is 0.422. The average molecular weight is 265 g/mol. The summed E-state index contributed by atoms with van der Waals surface area (Å²) in [5.74, 6) is 0.808. The normalized spacial score (nSPS) is 20.1. The Labute approximate surface area is 121 Å². The van der Waals surface area contributed by atoms with Gasteiger partial charge in [0.25, 0.3) is 0 Å². The first-order valence-electron chi connectivity index (χ1n) is 7.70. The number of fused-ring (bicyclic) bond motifs is 1. The quantitative estimate of drug-likeness (QED) is 0.779. The minimum Gasteiger partial charge on any atom is -0.310 e. The lowest BCUT2D eigenvalue weighted by atomic mass is 9.94. The van der Waals surface area contributed by atoms with Gasteiger partial charge in [0.2, 0.25) is 0 Å². The van der Waals surface area contributed by atoms with Crippen molar-refractivity contribution in [1.29, 1.82) is 0 Å². The highest BCUT2D eigenvalue weighted by Crippen LogP contribution is 2.22. The Morgan fingerprint density at radius 3 is 2.75 bits per heavy atom. The van der Waals surface area contributed by atoms with Crippen LogP contribution in [0.2, 0.25) is 0 Å². The zero-order chi connectivity index (χ0) is 13.8. The van der Waals surface area contributed by atoms with Crippen molar-refractivity contribution >= 4 is 10.8 Å². The second kappa shape index (κ2) is 6.23. The lowest BCUT2D eigenvalue weighted by Crippen LogP contribution is -2.26. The molecule has 3 rings (SSSR count). The molecule has 0 aliphatic heterocycles. The van der Waals surface area contributed by atoms with Crippen LogP contribution in [-0.4, -0.2) is 6.54 Å². The molecular formula is C19H23N. The second-order valence-corrected chi connectivity index (χ2v) is 5.89. The maximum absolute atomic E-state index is 3.70. The zero-order valence-electron chi connectivity index (χ0n) is 12.2. The lowest BCUT2D eigenvalue weighted by Gasteiger charge is -2.22. The number of nitrogens with one attached hydrogen (secondary N) is 1. The summed E-state index contributed by atoms with van der Waals surface area (Å²) in [6.07, 6.45) is 8.45. The number of rotatable bonds is 4. The highest BCUT2D eigenvalue weighted by atomic mass is 14.9. The maximum atomic E-state index is 3.70. The Morgan fingerprint density at radius 2 is 1.95 bits per heavy atom. The number of allylic oxidation sites excluding steroid dienone is 2. The van der Waals surface area contributed by atoms with Crippen LogP contribution in [0, 0.1) is 5.92 Å². The van der Waals surface area contributed by atoms with Crippen molar-refractivity contribution < 1.29 is 0 Å². The van der Waals surface area contributed by atoms with Crippen LogP contribution in [0.1, 0.15) is 37.8 Å². The fourth-order valence-corrected chi connectivity index (χ4v) is 2.98. The Balaban J connectivity index is 1.65. The van der Waals surface area contributed by atoms with Gasteiger partial charge < -0.3 is 5.32 Å². The fourth-order valence-electron chi connectivity index (χ4n) is 2.98. The Morgan fingerprint density at radius 1 is 1.10 bits per heavy atom. The molecule has 104 valence electrons. The SMILES string of the molecule is CC(NCC1CC=CCC1)c1ccc2ccccc2c1. The molecule has 0 radical (unpaired) electrons. The summed E-state index contributed by atoms with van der Waals surface area (Å²) in [7, 11) is 0. The molecule has 0 amide bonds. The van der Waals surface area contributed by atoms with E-state index in [1.807, 2.05) is 0 Å². The molecule has 0 aromatic heterocycles. The van der Waals surface area contributed by atoms with E-state index in [4.69, 9.17) is 0 Å². The maximum Gasteiger partial charge on any atom is 0.0292 e.